The number of nitrogens with zero attached hydrogens (tertiary/aromatic N) is 1. The van der Waals surface area contributed by atoms with Crippen LogP contribution in [0.4, 0.5) is 0 Å². The van der Waals surface area contributed by atoms with Gasteiger partial charge < -0.3 is 14.4 Å². The van der Waals surface area contributed by atoms with Gasteiger partial charge in [-0.25, -0.2) is 4.79 Å². The van der Waals surface area contributed by atoms with Gasteiger partial charge in [0.15, 0.2) is 5.54 Å². The van der Waals surface area contributed by atoms with E-state index in [0.717, 1.165) is 5.56 Å². The van der Waals surface area contributed by atoms with Crippen molar-refractivity contribution in [2.75, 3.05) is 7.11 Å². The molecule has 3 rings (SSSR count). The quantitative estimate of drug-likeness (QED) is 0.750. The molecule has 1 heterocycles. The third kappa shape index (κ3) is 2.90. The van der Waals surface area contributed by atoms with E-state index >= 15 is 0 Å². The van der Waals surface area contributed by atoms with Gasteiger partial charge in [-0.3, -0.25) is 4.79 Å². The molecule has 1 amide bonds. The predicted molar refractivity (Wildman–Crippen MR) is 96.4 cm³/mol. The first-order valence-corrected chi connectivity index (χ1v) is 8.54. The molecule has 0 radical (unpaired) electrons. The number of hydrogen-bond acceptors (Lipinski definition) is 4. The summed E-state index contributed by atoms with van der Waals surface area (Å²) < 4.78 is 5.10. The van der Waals surface area contributed by atoms with Crippen molar-refractivity contribution in [1.82, 2.24) is 4.90 Å². The van der Waals surface area contributed by atoms with Gasteiger partial charge in [-0.15, -0.1) is 0 Å². The minimum atomic E-state index is -1.29. The van der Waals surface area contributed by atoms with Crippen molar-refractivity contribution in [1.29, 1.82) is 0 Å². The number of amides is 1. The first-order chi connectivity index (χ1) is 12.5. The summed E-state index contributed by atoms with van der Waals surface area (Å²) in [7, 11) is 1.31. The van der Waals surface area contributed by atoms with E-state index in [1.54, 1.807) is 29.2 Å². The number of carbonyl (C=O) groups is 3. The topological polar surface area (TPSA) is 63.7 Å². The molecule has 26 heavy (non-hydrogen) atoms. The maximum absolute atomic E-state index is 13.1. The van der Waals surface area contributed by atoms with Crippen LogP contribution >= 0.6 is 0 Å². The van der Waals surface area contributed by atoms with Crippen LogP contribution in [0.5, 0.6) is 0 Å². The molecule has 0 bridgehead atoms. The lowest BCUT2D eigenvalue weighted by Crippen LogP contribution is -2.50. The Kier molecular flexibility index (Phi) is 4.89. The number of esters is 1. The Balaban J connectivity index is 2.14. The number of Topliss-reactive ketones (excluding diaryl/α,β-unsaturated/α-hetero) is 1. The highest BCUT2D eigenvalue weighted by Crippen LogP contribution is 2.44. The first kappa shape index (κ1) is 17.9. The molecule has 2 aromatic carbocycles. The monoisotopic (exact) mass is 351 g/mol. The highest BCUT2D eigenvalue weighted by Gasteiger charge is 2.55. The number of ether oxygens (including phenoxy) is 1. The molecule has 0 aromatic heterocycles. The average molecular weight is 351 g/mol. The highest BCUT2D eigenvalue weighted by atomic mass is 16.5. The summed E-state index contributed by atoms with van der Waals surface area (Å²) >= 11 is 0. The summed E-state index contributed by atoms with van der Waals surface area (Å²) in [5, 5.41) is 0. The first-order valence-electron chi connectivity index (χ1n) is 8.54. The molecule has 5 heteroatoms. The standard InChI is InChI=1S/C21H21NO4/c1-15(23)12-13-21(20(25)26-2)18-11-7-6-10-17(18)19(24)22(21)14-16-8-4-3-5-9-16/h3-11H,12-14H2,1-2H3. The number of fused-ring (bicyclic) bond motifs is 1. The van der Waals surface area contributed by atoms with Gasteiger partial charge in [0.25, 0.3) is 5.91 Å². The van der Waals surface area contributed by atoms with Crippen LogP contribution in [0.25, 0.3) is 0 Å². The fourth-order valence-electron chi connectivity index (χ4n) is 3.58. The second-order valence-electron chi connectivity index (χ2n) is 6.48. The summed E-state index contributed by atoms with van der Waals surface area (Å²) in [6, 6.07) is 16.5. The average Bonchev–Trinajstić information content (AvgIpc) is 2.90. The molecule has 1 atom stereocenters. The minimum Gasteiger partial charge on any atom is -0.467 e. The van der Waals surface area contributed by atoms with Crippen molar-refractivity contribution in [3.8, 4) is 0 Å². The van der Waals surface area contributed by atoms with Crippen LogP contribution < -0.4 is 0 Å². The molecule has 5 nitrogen and oxygen atoms in total. The van der Waals surface area contributed by atoms with Crippen molar-refractivity contribution in [2.24, 2.45) is 0 Å². The van der Waals surface area contributed by atoms with E-state index in [2.05, 4.69) is 0 Å². The summed E-state index contributed by atoms with van der Waals surface area (Å²) in [6.45, 7) is 1.75. The SMILES string of the molecule is COC(=O)C1(CCC(C)=O)c2ccccc2C(=O)N1Cc1ccccc1. The molecule has 1 unspecified atom stereocenters. The predicted octanol–water partition coefficient (Wildman–Crippen LogP) is 3.08. The highest BCUT2D eigenvalue weighted by molar-refractivity contribution is 6.06. The van der Waals surface area contributed by atoms with Gasteiger partial charge in [0.1, 0.15) is 5.78 Å². The van der Waals surface area contributed by atoms with E-state index < -0.39 is 11.5 Å². The van der Waals surface area contributed by atoms with Crippen molar-refractivity contribution in [3.05, 3.63) is 71.3 Å². The van der Waals surface area contributed by atoms with Crippen molar-refractivity contribution < 1.29 is 19.1 Å². The Morgan fingerprint density at radius 1 is 1.04 bits per heavy atom. The zero-order valence-electron chi connectivity index (χ0n) is 14.9. The molecular formula is C21H21NO4. The van der Waals surface area contributed by atoms with E-state index in [0.29, 0.717) is 11.1 Å². The van der Waals surface area contributed by atoms with Gasteiger partial charge in [-0.2, -0.15) is 0 Å². The van der Waals surface area contributed by atoms with Crippen LogP contribution in [-0.2, 0) is 26.4 Å². The Labute approximate surface area is 152 Å². The van der Waals surface area contributed by atoms with Crippen LogP contribution in [-0.4, -0.2) is 29.7 Å². The normalized spacial score (nSPS) is 18.5. The summed E-state index contributed by atoms with van der Waals surface area (Å²) in [4.78, 5) is 39.2. The van der Waals surface area contributed by atoms with Crippen molar-refractivity contribution in [3.63, 3.8) is 0 Å². The molecule has 0 saturated carbocycles. The van der Waals surface area contributed by atoms with Gasteiger partial charge >= 0.3 is 5.97 Å². The van der Waals surface area contributed by atoms with Crippen LogP contribution in [0.2, 0.25) is 0 Å². The van der Waals surface area contributed by atoms with E-state index in [4.69, 9.17) is 4.74 Å². The number of benzene rings is 2. The van der Waals surface area contributed by atoms with Gasteiger partial charge in [-0.05, 0) is 25.0 Å². The summed E-state index contributed by atoms with van der Waals surface area (Å²) in [5.74, 6) is -0.781. The molecule has 0 fully saturated rings. The van der Waals surface area contributed by atoms with Gasteiger partial charge in [0.05, 0.1) is 7.11 Å². The molecule has 0 N–H and O–H groups in total. The largest absolute Gasteiger partial charge is 0.467 e. The van der Waals surface area contributed by atoms with E-state index in [-0.39, 0.29) is 31.1 Å². The molecule has 0 saturated heterocycles. The van der Waals surface area contributed by atoms with E-state index in [9.17, 15) is 14.4 Å². The third-order valence-corrected chi connectivity index (χ3v) is 4.85. The van der Waals surface area contributed by atoms with E-state index in [1.807, 2.05) is 30.3 Å². The minimum absolute atomic E-state index is 0.0373. The number of carbonyl (C=O) groups excluding carboxylic acids is 3. The fourth-order valence-corrected chi connectivity index (χ4v) is 3.58. The Bertz CT molecular complexity index is 846. The molecule has 1 aliphatic heterocycles. The van der Waals surface area contributed by atoms with Crippen molar-refractivity contribution in [2.45, 2.75) is 31.8 Å². The molecule has 2 aromatic rings. The van der Waals surface area contributed by atoms with Crippen LogP contribution in [0.15, 0.2) is 54.6 Å². The number of ketones is 1. The Hall–Kier alpha value is -2.95. The maximum atomic E-state index is 13.1. The molecule has 134 valence electrons. The van der Waals surface area contributed by atoms with Gasteiger partial charge in [0.2, 0.25) is 0 Å². The fraction of sp³-hybridized carbons (Fsp3) is 0.286. The molecule has 0 aliphatic carbocycles. The summed E-state index contributed by atoms with van der Waals surface area (Å²) in [6.07, 6.45) is 0.382. The van der Waals surface area contributed by atoms with Crippen LogP contribution in [0.3, 0.4) is 0 Å². The number of hydrogen-bond donors (Lipinski definition) is 0. The lowest BCUT2D eigenvalue weighted by Gasteiger charge is -2.36. The van der Waals surface area contributed by atoms with Crippen LogP contribution in [0.1, 0.15) is 41.3 Å². The third-order valence-electron chi connectivity index (χ3n) is 4.85. The van der Waals surface area contributed by atoms with Gasteiger partial charge in [-0.1, -0.05) is 48.5 Å². The lowest BCUT2D eigenvalue weighted by molar-refractivity contribution is -0.155. The van der Waals surface area contributed by atoms with Crippen LogP contribution in [0, 0.1) is 0 Å². The second kappa shape index (κ2) is 7.12. The number of methoxy groups -OCH3 is 1. The van der Waals surface area contributed by atoms with E-state index in [1.165, 1.54) is 14.0 Å². The lowest BCUT2D eigenvalue weighted by atomic mass is 9.84. The summed E-state index contributed by atoms with van der Waals surface area (Å²) in [5.41, 5.74) is 0.709. The maximum Gasteiger partial charge on any atom is 0.336 e. The zero-order chi connectivity index (χ0) is 18.7. The Morgan fingerprint density at radius 3 is 2.35 bits per heavy atom. The zero-order valence-corrected chi connectivity index (χ0v) is 14.9. The van der Waals surface area contributed by atoms with Crippen molar-refractivity contribution >= 4 is 17.7 Å². The molecular weight excluding hydrogens is 330 g/mol. The molecule has 0 spiro atoms. The Morgan fingerprint density at radius 2 is 1.69 bits per heavy atom. The molecule has 1 aliphatic rings. The smallest absolute Gasteiger partial charge is 0.336 e. The van der Waals surface area contributed by atoms with Gasteiger partial charge in [0, 0.05) is 24.1 Å². The number of rotatable bonds is 6. The second-order valence-corrected chi connectivity index (χ2v) is 6.48.